The molecule has 2 aromatic carbocycles. The highest BCUT2D eigenvalue weighted by molar-refractivity contribution is 6.06. The van der Waals surface area contributed by atoms with Crippen LogP contribution in [0.2, 0.25) is 0 Å². The van der Waals surface area contributed by atoms with Gasteiger partial charge < -0.3 is 24.4 Å². The second-order valence-corrected chi connectivity index (χ2v) is 8.90. The second kappa shape index (κ2) is 11.4. The molecular weight excluding hydrogens is 434 g/mol. The Labute approximate surface area is 201 Å². The molecule has 1 aliphatic rings. The van der Waals surface area contributed by atoms with Crippen LogP contribution in [0.1, 0.15) is 34.6 Å². The highest BCUT2D eigenvalue weighted by atomic mass is 16.5. The summed E-state index contributed by atoms with van der Waals surface area (Å²) in [5, 5.41) is 2.88. The van der Waals surface area contributed by atoms with Crippen molar-refractivity contribution in [3.63, 3.8) is 0 Å². The molecule has 3 rings (SSSR count). The topological polar surface area (TPSA) is 80.3 Å². The summed E-state index contributed by atoms with van der Waals surface area (Å²) in [6.07, 6.45) is -0.0909. The summed E-state index contributed by atoms with van der Waals surface area (Å²) in [6.45, 7) is 5.89. The van der Waals surface area contributed by atoms with Gasteiger partial charge in [0.05, 0.1) is 24.3 Å². The minimum Gasteiger partial charge on any atom is -0.496 e. The number of rotatable bonds is 4. The standard InChI is InChI=1S/C26H35N3O5/c1-17-14-28(3)18(2)16-34-23-13-19(27-25(30)20-9-7-8-10-22(20)32-5)11-12-21(23)26(31)29(4)15-24(17)33-6/h7-13,17-18,24H,14-16H2,1-6H3,(H,27,30)/t17-,18-,24-/m1/s1. The third-order valence-corrected chi connectivity index (χ3v) is 6.37. The molecule has 1 heterocycles. The highest BCUT2D eigenvalue weighted by Gasteiger charge is 2.27. The van der Waals surface area contributed by atoms with Crippen molar-refractivity contribution in [2.45, 2.75) is 26.0 Å². The molecule has 8 nitrogen and oxygen atoms in total. The molecule has 0 bridgehead atoms. The Morgan fingerprint density at radius 3 is 2.53 bits per heavy atom. The molecule has 0 saturated heterocycles. The largest absolute Gasteiger partial charge is 0.496 e. The number of amides is 2. The molecule has 0 spiro atoms. The lowest BCUT2D eigenvalue weighted by Crippen LogP contribution is -2.45. The Morgan fingerprint density at radius 1 is 1.09 bits per heavy atom. The molecule has 1 N–H and O–H groups in total. The van der Waals surface area contributed by atoms with Crippen LogP contribution in [0.25, 0.3) is 0 Å². The van der Waals surface area contributed by atoms with Crippen molar-refractivity contribution in [2.75, 3.05) is 53.3 Å². The Bertz CT molecular complexity index is 1010. The van der Waals surface area contributed by atoms with Crippen molar-refractivity contribution < 1.29 is 23.8 Å². The zero-order chi connectivity index (χ0) is 24.8. The molecule has 2 amide bonds. The fraction of sp³-hybridized carbons (Fsp3) is 0.462. The molecule has 0 aromatic heterocycles. The fourth-order valence-corrected chi connectivity index (χ4v) is 4.06. The summed E-state index contributed by atoms with van der Waals surface area (Å²) in [5.41, 5.74) is 1.39. The van der Waals surface area contributed by atoms with Crippen molar-refractivity contribution in [1.29, 1.82) is 0 Å². The van der Waals surface area contributed by atoms with Crippen LogP contribution in [0.5, 0.6) is 11.5 Å². The summed E-state index contributed by atoms with van der Waals surface area (Å²) in [4.78, 5) is 30.0. The van der Waals surface area contributed by atoms with Gasteiger partial charge in [0.15, 0.2) is 0 Å². The van der Waals surface area contributed by atoms with E-state index < -0.39 is 0 Å². The summed E-state index contributed by atoms with van der Waals surface area (Å²) < 4.78 is 17.1. The maximum Gasteiger partial charge on any atom is 0.259 e. The first-order valence-electron chi connectivity index (χ1n) is 11.4. The molecule has 0 saturated carbocycles. The van der Waals surface area contributed by atoms with E-state index in [4.69, 9.17) is 14.2 Å². The first-order valence-corrected chi connectivity index (χ1v) is 11.4. The lowest BCUT2D eigenvalue weighted by Gasteiger charge is -2.34. The smallest absolute Gasteiger partial charge is 0.259 e. The fourth-order valence-electron chi connectivity index (χ4n) is 4.06. The number of hydrogen-bond acceptors (Lipinski definition) is 6. The third kappa shape index (κ3) is 5.87. The molecule has 3 atom stereocenters. The van der Waals surface area contributed by atoms with E-state index in [0.717, 1.165) is 6.54 Å². The molecule has 0 unspecified atom stereocenters. The molecule has 8 heteroatoms. The van der Waals surface area contributed by atoms with Crippen LogP contribution in [0.15, 0.2) is 42.5 Å². The first-order chi connectivity index (χ1) is 16.2. The summed E-state index contributed by atoms with van der Waals surface area (Å²) in [6, 6.07) is 12.2. The maximum atomic E-state index is 13.3. The third-order valence-electron chi connectivity index (χ3n) is 6.37. The number of nitrogens with one attached hydrogen (secondary N) is 1. The molecule has 0 radical (unpaired) electrons. The average molecular weight is 470 g/mol. The zero-order valence-electron chi connectivity index (χ0n) is 20.8. The first kappa shape index (κ1) is 25.5. The van der Waals surface area contributed by atoms with Crippen LogP contribution in [0.3, 0.4) is 0 Å². The van der Waals surface area contributed by atoms with Crippen LogP contribution in [0, 0.1) is 5.92 Å². The number of carbonyl (C=O) groups excluding carboxylic acids is 2. The number of ether oxygens (including phenoxy) is 3. The normalized spacial score (nSPS) is 22.1. The van der Waals surface area contributed by atoms with E-state index in [1.807, 2.05) is 0 Å². The van der Waals surface area contributed by atoms with Gasteiger partial charge >= 0.3 is 0 Å². The van der Waals surface area contributed by atoms with Gasteiger partial charge in [0.1, 0.15) is 18.1 Å². The summed E-state index contributed by atoms with van der Waals surface area (Å²) in [7, 11) is 7.03. The van der Waals surface area contributed by atoms with Gasteiger partial charge in [-0.3, -0.25) is 14.5 Å². The number of carbonyl (C=O) groups is 2. The van der Waals surface area contributed by atoms with Crippen LogP contribution >= 0.6 is 0 Å². The minimum absolute atomic E-state index is 0.0909. The number of anilines is 1. The van der Waals surface area contributed by atoms with Gasteiger partial charge in [-0.25, -0.2) is 0 Å². The van der Waals surface area contributed by atoms with E-state index in [9.17, 15) is 9.59 Å². The molecule has 1 aliphatic heterocycles. The van der Waals surface area contributed by atoms with Crippen molar-refractivity contribution in [3.8, 4) is 11.5 Å². The molecule has 34 heavy (non-hydrogen) atoms. The van der Waals surface area contributed by atoms with E-state index in [0.29, 0.717) is 41.5 Å². The van der Waals surface area contributed by atoms with Crippen molar-refractivity contribution in [2.24, 2.45) is 5.92 Å². The number of nitrogens with zero attached hydrogens (tertiary/aromatic N) is 2. The van der Waals surface area contributed by atoms with E-state index in [1.54, 1.807) is 61.5 Å². The van der Waals surface area contributed by atoms with E-state index in [2.05, 4.69) is 31.1 Å². The van der Waals surface area contributed by atoms with Crippen LogP contribution in [0.4, 0.5) is 5.69 Å². The molecule has 0 aliphatic carbocycles. The highest BCUT2D eigenvalue weighted by Crippen LogP contribution is 2.27. The van der Waals surface area contributed by atoms with Crippen LogP contribution < -0.4 is 14.8 Å². The SMILES string of the molecule is COc1ccccc1C(=O)Nc1ccc2c(c1)OC[C@@H](C)N(C)C[C@@H](C)[C@H](OC)CN(C)C2=O. The minimum atomic E-state index is -0.306. The predicted octanol–water partition coefficient (Wildman–Crippen LogP) is 3.38. The number of para-hydroxylation sites is 1. The van der Waals surface area contributed by atoms with E-state index in [-0.39, 0.29) is 29.9 Å². The Kier molecular flexibility index (Phi) is 8.52. The van der Waals surface area contributed by atoms with E-state index in [1.165, 1.54) is 7.11 Å². The number of benzene rings is 2. The molecule has 2 aromatic rings. The number of likely N-dealkylation sites (N-methyl/N-ethyl adjacent to an activating group) is 2. The Morgan fingerprint density at radius 2 is 1.82 bits per heavy atom. The summed E-state index contributed by atoms with van der Waals surface area (Å²) >= 11 is 0. The monoisotopic (exact) mass is 469 g/mol. The van der Waals surface area contributed by atoms with E-state index >= 15 is 0 Å². The van der Waals surface area contributed by atoms with Crippen molar-refractivity contribution >= 4 is 17.5 Å². The number of methoxy groups -OCH3 is 2. The van der Waals surface area contributed by atoms with Crippen molar-refractivity contribution in [3.05, 3.63) is 53.6 Å². The quantitative estimate of drug-likeness (QED) is 0.740. The Hall–Kier alpha value is -3.10. The molecular formula is C26H35N3O5. The van der Waals surface area contributed by atoms with Gasteiger partial charge in [0, 0.05) is 45.0 Å². The van der Waals surface area contributed by atoms with Crippen molar-refractivity contribution in [1.82, 2.24) is 9.80 Å². The molecule has 0 fully saturated rings. The van der Waals surface area contributed by atoms with Gasteiger partial charge in [0.25, 0.3) is 11.8 Å². The van der Waals surface area contributed by atoms with Gasteiger partial charge in [-0.15, -0.1) is 0 Å². The lowest BCUT2D eigenvalue weighted by molar-refractivity contribution is 0.0150. The maximum absolute atomic E-state index is 13.3. The zero-order valence-corrected chi connectivity index (χ0v) is 20.8. The molecule has 184 valence electrons. The van der Waals surface area contributed by atoms with Crippen LogP contribution in [-0.2, 0) is 4.74 Å². The van der Waals surface area contributed by atoms with Gasteiger partial charge in [-0.2, -0.15) is 0 Å². The van der Waals surface area contributed by atoms with Gasteiger partial charge in [-0.05, 0) is 44.2 Å². The average Bonchev–Trinajstić information content (AvgIpc) is 2.84. The lowest BCUT2D eigenvalue weighted by atomic mass is 10.0. The van der Waals surface area contributed by atoms with Gasteiger partial charge in [-0.1, -0.05) is 19.1 Å². The number of fused-ring (bicyclic) bond motifs is 1. The predicted molar refractivity (Wildman–Crippen MR) is 132 cm³/mol. The summed E-state index contributed by atoms with van der Waals surface area (Å²) in [5.74, 6) is 0.683. The van der Waals surface area contributed by atoms with Crippen LogP contribution in [-0.4, -0.2) is 81.8 Å². The van der Waals surface area contributed by atoms with Gasteiger partial charge in [0.2, 0.25) is 0 Å². The number of hydrogen-bond donors (Lipinski definition) is 1. The second-order valence-electron chi connectivity index (χ2n) is 8.90. The Balaban J connectivity index is 1.91.